The zero-order valence-electron chi connectivity index (χ0n) is 22.5. The molecule has 0 saturated carbocycles. The van der Waals surface area contributed by atoms with Gasteiger partial charge in [-0.05, 0) is 88.0 Å². The lowest BCUT2D eigenvalue weighted by Gasteiger charge is -2.18. The minimum Gasteiger partial charge on any atom is -0.492 e. The third kappa shape index (κ3) is 6.46. The van der Waals surface area contributed by atoms with Crippen molar-refractivity contribution in [3.8, 4) is 28.1 Å². The van der Waals surface area contributed by atoms with Crippen LogP contribution in [0.3, 0.4) is 0 Å². The van der Waals surface area contributed by atoms with E-state index in [1.165, 1.54) is 0 Å². The fraction of sp³-hybridized carbons (Fsp3) is 0.345. The number of ether oxygens (including phenoxy) is 1. The Hall–Kier alpha value is -3.91. The van der Waals surface area contributed by atoms with Gasteiger partial charge >= 0.3 is 0 Å². The molecule has 1 atom stereocenters. The Morgan fingerprint density at radius 3 is 2.57 bits per heavy atom. The summed E-state index contributed by atoms with van der Waals surface area (Å²) >= 11 is 0. The lowest BCUT2D eigenvalue weighted by molar-refractivity contribution is 0.0938. The zero-order valence-corrected chi connectivity index (χ0v) is 22.5. The summed E-state index contributed by atoms with van der Waals surface area (Å²) in [5.41, 5.74) is 6.44. The van der Waals surface area contributed by atoms with Crippen LogP contribution >= 0.6 is 0 Å². The van der Waals surface area contributed by atoms with Crippen LogP contribution in [0.2, 0.25) is 0 Å². The van der Waals surface area contributed by atoms with E-state index in [4.69, 9.17) is 9.84 Å². The van der Waals surface area contributed by atoms with Gasteiger partial charge in [0, 0.05) is 49.2 Å². The molecule has 4 rings (SSSR count). The highest BCUT2D eigenvalue weighted by atomic mass is 16.5. The normalized spacial score (nSPS) is 12.1. The smallest absolute Gasteiger partial charge is 0.252 e. The molecule has 194 valence electrons. The molecule has 0 radical (unpaired) electrons. The van der Waals surface area contributed by atoms with E-state index in [1.807, 2.05) is 82.5 Å². The van der Waals surface area contributed by atoms with Crippen molar-refractivity contribution in [3.05, 3.63) is 77.7 Å². The first-order chi connectivity index (χ1) is 17.7. The van der Waals surface area contributed by atoms with Crippen LogP contribution in [0, 0.1) is 6.92 Å². The first-order valence-electron chi connectivity index (χ1n) is 12.6. The van der Waals surface area contributed by atoms with E-state index in [2.05, 4.69) is 40.4 Å². The van der Waals surface area contributed by atoms with Crippen molar-refractivity contribution in [2.45, 2.75) is 33.4 Å². The third-order valence-electron chi connectivity index (χ3n) is 6.36. The van der Waals surface area contributed by atoms with Crippen LogP contribution in [0.15, 0.2) is 61.1 Å². The third-order valence-corrected chi connectivity index (χ3v) is 6.36. The van der Waals surface area contributed by atoms with Crippen LogP contribution in [0.5, 0.6) is 5.75 Å². The lowest BCUT2D eigenvalue weighted by atomic mass is 9.96. The molecular weight excluding hydrogens is 464 g/mol. The average molecular weight is 501 g/mol. The molecule has 0 saturated heterocycles. The molecule has 8 heteroatoms. The van der Waals surface area contributed by atoms with Crippen molar-refractivity contribution in [3.63, 3.8) is 0 Å². The number of benzene rings is 2. The van der Waals surface area contributed by atoms with Crippen molar-refractivity contribution in [2.75, 3.05) is 27.2 Å². The van der Waals surface area contributed by atoms with Crippen molar-refractivity contribution in [2.24, 2.45) is 7.05 Å². The molecule has 8 nitrogen and oxygen atoms in total. The summed E-state index contributed by atoms with van der Waals surface area (Å²) in [4.78, 5) is 15.4. The number of nitrogens with zero attached hydrogens (tertiary/aromatic N) is 5. The van der Waals surface area contributed by atoms with Crippen molar-refractivity contribution < 1.29 is 9.53 Å². The molecule has 0 fully saturated rings. The highest BCUT2D eigenvalue weighted by Gasteiger charge is 2.17. The van der Waals surface area contributed by atoms with E-state index in [0.717, 1.165) is 46.6 Å². The number of aromatic nitrogens is 4. The maximum atomic E-state index is 13.3. The largest absolute Gasteiger partial charge is 0.492 e. The van der Waals surface area contributed by atoms with Gasteiger partial charge in [0.25, 0.3) is 5.91 Å². The number of likely N-dealkylation sites (N-methyl/N-ethyl adjacent to an activating group) is 1. The summed E-state index contributed by atoms with van der Waals surface area (Å²) in [6.45, 7) is 8.18. The second kappa shape index (κ2) is 11.4. The second-order valence-corrected chi connectivity index (χ2v) is 9.63. The van der Waals surface area contributed by atoms with Gasteiger partial charge in [-0.2, -0.15) is 10.2 Å². The summed E-state index contributed by atoms with van der Waals surface area (Å²) in [5, 5.41) is 12.2. The number of nitrogens with one attached hydrogen (secondary N) is 1. The summed E-state index contributed by atoms with van der Waals surface area (Å²) in [5.74, 6) is 0.560. The summed E-state index contributed by atoms with van der Waals surface area (Å²) in [6, 6.07) is 13.8. The van der Waals surface area contributed by atoms with Gasteiger partial charge in [-0.15, -0.1) is 0 Å². The number of hydrogen-bond acceptors (Lipinski definition) is 5. The molecule has 2 aromatic heterocycles. The summed E-state index contributed by atoms with van der Waals surface area (Å²) in [6.07, 6.45) is 5.82. The predicted molar refractivity (Wildman–Crippen MR) is 147 cm³/mol. The van der Waals surface area contributed by atoms with Crippen LogP contribution in [-0.4, -0.2) is 57.6 Å². The fourth-order valence-electron chi connectivity index (χ4n) is 4.12. The maximum absolute atomic E-state index is 13.3. The maximum Gasteiger partial charge on any atom is 0.252 e. The minimum absolute atomic E-state index is 0.133. The number of carbonyl (C=O) groups excluding carboxylic acids is 1. The van der Waals surface area contributed by atoms with Gasteiger partial charge in [-0.3, -0.25) is 14.2 Å². The van der Waals surface area contributed by atoms with Crippen LogP contribution in [0.25, 0.3) is 22.4 Å². The SMILES string of the molecule is CCn1ccc(-c2cc(-c3cnn(C)c3)cc([C@@H](C)NC(=O)c3cc(OCCN(C)C)ccc3C)c2)n1. The molecule has 1 amide bonds. The van der Waals surface area contributed by atoms with E-state index in [0.29, 0.717) is 17.9 Å². The number of carbonyl (C=O) groups is 1. The van der Waals surface area contributed by atoms with Crippen molar-refractivity contribution >= 4 is 5.91 Å². The van der Waals surface area contributed by atoms with Gasteiger partial charge in [0.2, 0.25) is 0 Å². The zero-order chi connectivity index (χ0) is 26.5. The van der Waals surface area contributed by atoms with Gasteiger partial charge in [-0.1, -0.05) is 6.07 Å². The molecule has 0 aliphatic heterocycles. The molecule has 37 heavy (non-hydrogen) atoms. The molecule has 0 bridgehead atoms. The minimum atomic E-state index is -0.228. The lowest BCUT2D eigenvalue weighted by Crippen LogP contribution is -2.27. The molecule has 2 aromatic carbocycles. The highest BCUT2D eigenvalue weighted by molar-refractivity contribution is 5.96. The van der Waals surface area contributed by atoms with Gasteiger partial charge in [0.1, 0.15) is 12.4 Å². The summed E-state index contributed by atoms with van der Waals surface area (Å²) < 4.78 is 9.55. The van der Waals surface area contributed by atoms with Crippen LogP contribution in [-0.2, 0) is 13.6 Å². The van der Waals surface area contributed by atoms with E-state index in [9.17, 15) is 4.79 Å². The van der Waals surface area contributed by atoms with E-state index in [1.54, 1.807) is 4.68 Å². The topological polar surface area (TPSA) is 77.2 Å². The molecule has 0 unspecified atom stereocenters. The molecule has 0 spiro atoms. The van der Waals surface area contributed by atoms with Gasteiger partial charge in [-0.25, -0.2) is 0 Å². The number of amides is 1. The standard InChI is InChI=1S/C29H36N6O2/c1-7-35-11-10-28(32-35)24-15-22(14-23(16-24)25-18-30-34(6)19-25)21(3)31-29(36)27-17-26(9-8-20(27)2)37-13-12-33(4)5/h8-11,14-19,21H,7,12-13H2,1-6H3,(H,31,36)/t21-/m1/s1. The second-order valence-electron chi connectivity index (χ2n) is 9.63. The van der Waals surface area contributed by atoms with Crippen LogP contribution in [0.1, 0.15) is 41.4 Å². The number of hydrogen-bond donors (Lipinski definition) is 1. The summed E-state index contributed by atoms with van der Waals surface area (Å²) in [7, 11) is 5.91. The van der Waals surface area contributed by atoms with Crippen LogP contribution < -0.4 is 10.1 Å². The Morgan fingerprint density at radius 1 is 1.11 bits per heavy atom. The average Bonchev–Trinajstić information content (AvgIpc) is 3.53. The predicted octanol–water partition coefficient (Wildman–Crippen LogP) is 4.71. The van der Waals surface area contributed by atoms with Crippen molar-refractivity contribution in [1.82, 2.24) is 29.8 Å². The monoisotopic (exact) mass is 500 g/mol. The molecule has 0 aliphatic carbocycles. The Labute approximate surface area is 218 Å². The molecular formula is C29H36N6O2. The van der Waals surface area contributed by atoms with Crippen molar-refractivity contribution in [1.29, 1.82) is 0 Å². The Morgan fingerprint density at radius 2 is 1.89 bits per heavy atom. The Balaban J connectivity index is 1.60. The van der Waals surface area contributed by atoms with Gasteiger partial charge < -0.3 is 15.0 Å². The Bertz CT molecular complexity index is 1370. The van der Waals surface area contributed by atoms with E-state index < -0.39 is 0 Å². The Kier molecular flexibility index (Phi) is 8.08. The first kappa shape index (κ1) is 26.2. The van der Waals surface area contributed by atoms with E-state index in [-0.39, 0.29) is 11.9 Å². The van der Waals surface area contributed by atoms with Gasteiger partial charge in [0.15, 0.2) is 0 Å². The molecule has 4 aromatic rings. The quantitative estimate of drug-likeness (QED) is 0.341. The van der Waals surface area contributed by atoms with E-state index >= 15 is 0 Å². The van der Waals surface area contributed by atoms with Crippen LogP contribution in [0.4, 0.5) is 0 Å². The molecule has 0 aliphatic rings. The number of rotatable bonds is 10. The number of aryl methyl sites for hydroxylation is 3. The highest BCUT2D eigenvalue weighted by Crippen LogP contribution is 2.30. The molecule has 1 N–H and O–H groups in total. The first-order valence-corrected chi connectivity index (χ1v) is 12.6. The fourth-order valence-corrected chi connectivity index (χ4v) is 4.12. The molecule has 2 heterocycles. The van der Waals surface area contributed by atoms with Gasteiger partial charge in [0.05, 0.1) is 17.9 Å².